The number of nitriles is 1. The minimum atomic E-state index is 0.632. The zero-order valence-electron chi connectivity index (χ0n) is 12.2. The van der Waals surface area contributed by atoms with Gasteiger partial charge in [0.15, 0.2) is 0 Å². The first-order chi connectivity index (χ1) is 10.6. The summed E-state index contributed by atoms with van der Waals surface area (Å²) in [5.41, 5.74) is 4.54. The van der Waals surface area contributed by atoms with Gasteiger partial charge in [0.25, 0.3) is 0 Å². The summed E-state index contributed by atoms with van der Waals surface area (Å²) in [5.74, 6) is 0. The van der Waals surface area contributed by atoms with Crippen molar-refractivity contribution in [1.29, 1.82) is 5.26 Å². The number of rotatable bonds is 2. The molecule has 2 aromatic heterocycles. The molecule has 0 bridgehead atoms. The number of nitrogens with zero attached hydrogens (tertiary/aromatic N) is 4. The van der Waals surface area contributed by atoms with E-state index in [1.54, 1.807) is 18.6 Å². The molecule has 0 N–H and O–H groups in total. The molecule has 0 spiro atoms. The summed E-state index contributed by atoms with van der Waals surface area (Å²) >= 11 is 6.43. The van der Waals surface area contributed by atoms with E-state index in [0.717, 1.165) is 33.4 Å². The summed E-state index contributed by atoms with van der Waals surface area (Å²) in [7, 11) is 1.92. The monoisotopic (exact) mass is 308 g/mol. The molecule has 0 aliphatic heterocycles. The average Bonchev–Trinajstić information content (AvgIpc) is 2.91. The fourth-order valence-electron chi connectivity index (χ4n) is 2.39. The highest BCUT2D eigenvalue weighted by Crippen LogP contribution is 2.30. The van der Waals surface area contributed by atoms with E-state index in [4.69, 9.17) is 16.9 Å². The fraction of sp³-hybridized carbons (Fsp3) is 0.118. The summed E-state index contributed by atoms with van der Waals surface area (Å²) in [6.45, 7) is 1.99. The van der Waals surface area contributed by atoms with Crippen molar-refractivity contribution in [3.05, 3.63) is 52.9 Å². The van der Waals surface area contributed by atoms with E-state index in [2.05, 4.69) is 9.97 Å². The fourth-order valence-corrected chi connectivity index (χ4v) is 2.65. The van der Waals surface area contributed by atoms with E-state index in [1.807, 2.05) is 42.8 Å². The number of aromatic nitrogens is 3. The van der Waals surface area contributed by atoms with E-state index >= 15 is 0 Å². The molecule has 0 radical (unpaired) electrons. The highest BCUT2D eigenvalue weighted by atomic mass is 35.5. The van der Waals surface area contributed by atoms with Gasteiger partial charge in [-0.3, -0.25) is 0 Å². The Balaban J connectivity index is 2.22. The third kappa shape index (κ3) is 2.47. The number of pyridine rings is 1. The molecule has 0 atom stereocenters. The van der Waals surface area contributed by atoms with Crippen molar-refractivity contribution >= 4 is 28.6 Å². The van der Waals surface area contributed by atoms with Crippen LogP contribution >= 0.6 is 11.6 Å². The van der Waals surface area contributed by atoms with Crippen molar-refractivity contribution in [3.8, 4) is 17.5 Å². The number of hydrogen-bond donors (Lipinski definition) is 0. The van der Waals surface area contributed by atoms with Crippen LogP contribution in [0.3, 0.4) is 0 Å². The van der Waals surface area contributed by atoms with Crippen LogP contribution in [0.5, 0.6) is 0 Å². The molecule has 0 saturated carbocycles. The molecule has 3 rings (SSSR count). The Kier molecular flexibility index (Phi) is 3.66. The summed E-state index contributed by atoms with van der Waals surface area (Å²) in [4.78, 5) is 8.80. The van der Waals surface area contributed by atoms with Gasteiger partial charge < -0.3 is 4.57 Å². The first-order valence-electron chi connectivity index (χ1n) is 6.74. The predicted octanol–water partition coefficient (Wildman–Crippen LogP) is 4.13. The Bertz CT molecular complexity index is 932. The molecule has 0 aliphatic rings. The number of imidazole rings is 1. The third-order valence-electron chi connectivity index (χ3n) is 3.56. The lowest BCUT2D eigenvalue weighted by atomic mass is 10.0. The van der Waals surface area contributed by atoms with Gasteiger partial charge >= 0.3 is 0 Å². The molecule has 0 unspecified atom stereocenters. The molecule has 0 amide bonds. The lowest BCUT2D eigenvalue weighted by molar-refractivity contribution is 0.917. The maximum atomic E-state index is 8.67. The Morgan fingerprint density at radius 1 is 1.32 bits per heavy atom. The normalized spacial score (nSPS) is 11.2. The first-order valence-corrected chi connectivity index (χ1v) is 7.11. The van der Waals surface area contributed by atoms with E-state index in [1.165, 1.54) is 6.08 Å². The van der Waals surface area contributed by atoms with Gasteiger partial charge in [-0.1, -0.05) is 11.6 Å². The van der Waals surface area contributed by atoms with E-state index in [9.17, 15) is 0 Å². The van der Waals surface area contributed by atoms with Crippen LogP contribution in [0.1, 0.15) is 11.1 Å². The van der Waals surface area contributed by atoms with Crippen LogP contribution in [0.2, 0.25) is 5.02 Å². The van der Waals surface area contributed by atoms with E-state index in [0.29, 0.717) is 5.02 Å². The highest BCUT2D eigenvalue weighted by molar-refractivity contribution is 6.35. The number of halogens is 1. The van der Waals surface area contributed by atoms with E-state index in [-0.39, 0.29) is 0 Å². The summed E-state index contributed by atoms with van der Waals surface area (Å²) in [6.07, 6.45) is 6.73. The summed E-state index contributed by atoms with van der Waals surface area (Å²) in [5, 5.41) is 10.2. The van der Waals surface area contributed by atoms with E-state index < -0.39 is 0 Å². The van der Waals surface area contributed by atoms with Gasteiger partial charge in [0.05, 0.1) is 40.5 Å². The molecule has 0 saturated heterocycles. The number of aryl methyl sites for hydroxylation is 2. The molecule has 1 aromatic carbocycles. The Morgan fingerprint density at radius 2 is 2.14 bits per heavy atom. The molecule has 0 fully saturated rings. The zero-order valence-corrected chi connectivity index (χ0v) is 13.0. The van der Waals surface area contributed by atoms with Gasteiger partial charge in [-0.05, 0) is 42.3 Å². The lowest BCUT2D eigenvalue weighted by Crippen LogP contribution is -1.94. The molecule has 3 aromatic rings. The minimum absolute atomic E-state index is 0.632. The van der Waals surface area contributed by atoms with Gasteiger partial charge in [-0.2, -0.15) is 5.26 Å². The number of benzene rings is 1. The maximum Gasteiger partial charge on any atom is 0.0948 e. The number of fused-ring (bicyclic) bond motifs is 1. The van der Waals surface area contributed by atoms with Crippen molar-refractivity contribution in [2.24, 2.45) is 7.05 Å². The molecule has 22 heavy (non-hydrogen) atoms. The molecular weight excluding hydrogens is 296 g/mol. The molecule has 4 nitrogen and oxygen atoms in total. The average molecular weight is 309 g/mol. The van der Waals surface area contributed by atoms with Gasteiger partial charge in [0.2, 0.25) is 0 Å². The van der Waals surface area contributed by atoms with Crippen molar-refractivity contribution in [2.75, 3.05) is 0 Å². The molecule has 108 valence electrons. The standard InChI is InChI=1S/C17H13ClN4/c1-11-6-15-13(7-12(11)4-3-5-19)14(18)8-16(21-15)17-9-20-10-22(17)2/h3-4,6-10H,1-2H3. The zero-order chi connectivity index (χ0) is 15.7. The van der Waals surface area contributed by atoms with Crippen molar-refractivity contribution < 1.29 is 0 Å². The lowest BCUT2D eigenvalue weighted by Gasteiger charge is -2.09. The van der Waals surface area contributed by atoms with Gasteiger partial charge in [-0.15, -0.1) is 0 Å². The second kappa shape index (κ2) is 5.63. The third-order valence-corrected chi connectivity index (χ3v) is 3.88. The number of allylic oxidation sites excluding steroid dienone is 1. The highest BCUT2D eigenvalue weighted by Gasteiger charge is 2.10. The smallest absolute Gasteiger partial charge is 0.0948 e. The van der Waals surface area contributed by atoms with Crippen LogP contribution in [-0.4, -0.2) is 14.5 Å². The molecular formula is C17H13ClN4. The summed E-state index contributed by atoms with van der Waals surface area (Å²) in [6, 6.07) is 7.79. The quantitative estimate of drug-likeness (QED) is 0.669. The topological polar surface area (TPSA) is 54.5 Å². The summed E-state index contributed by atoms with van der Waals surface area (Å²) < 4.78 is 1.90. The predicted molar refractivity (Wildman–Crippen MR) is 88.3 cm³/mol. The second-order valence-corrected chi connectivity index (χ2v) is 5.47. The molecule has 0 aliphatic carbocycles. The van der Waals surface area contributed by atoms with Crippen molar-refractivity contribution in [3.63, 3.8) is 0 Å². The largest absolute Gasteiger partial charge is 0.332 e. The van der Waals surface area contributed by atoms with Gasteiger partial charge in [-0.25, -0.2) is 9.97 Å². The molecule has 2 heterocycles. The van der Waals surface area contributed by atoms with Crippen LogP contribution in [0.25, 0.3) is 28.4 Å². The SMILES string of the molecule is Cc1cc2nc(-c3cncn3C)cc(Cl)c2cc1C=CC#N. The Labute approximate surface area is 133 Å². The van der Waals surface area contributed by atoms with Gasteiger partial charge in [0.1, 0.15) is 0 Å². The second-order valence-electron chi connectivity index (χ2n) is 5.07. The van der Waals surface area contributed by atoms with Crippen LogP contribution in [0, 0.1) is 18.3 Å². The minimum Gasteiger partial charge on any atom is -0.332 e. The first kappa shape index (κ1) is 14.3. The van der Waals surface area contributed by atoms with Crippen LogP contribution < -0.4 is 0 Å². The van der Waals surface area contributed by atoms with Crippen molar-refractivity contribution in [1.82, 2.24) is 14.5 Å². The number of hydrogen-bond acceptors (Lipinski definition) is 3. The van der Waals surface area contributed by atoms with Crippen molar-refractivity contribution in [2.45, 2.75) is 6.92 Å². The Morgan fingerprint density at radius 3 is 2.82 bits per heavy atom. The van der Waals surface area contributed by atoms with Gasteiger partial charge in [0, 0.05) is 18.5 Å². The van der Waals surface area contributed by atoms with Crippen LogP contribution in [-0.2, 0) is 7.05 Å². The molecule has 5 heteroatoms. The Hall–Kier alpha value is -2.64. The van der Waals surface area contributed by atoms with Crippen LogP contribution in [0.4, 0.5) is 0 Å². The maximum absolute atomic E-state index is 8.67. The van der Waals surface area contributed by atoms with Crippen LogP contribution in [0.15, 0.2) is 36.8 Å².